The minimum Gasteiger partial charge on any atom is -0.477 e. The fourth-order valence-electron chi connectivity index (χ4n) is 4.11. The predicted molar refractivity (Wildman–Crippen MR) is 133 cm³/mol. The monoisotopic (exact) mass is 513 g/mol. The predicted octanol–water partition coefficient (Wildman–Crippen LogP) is 1.63. The van der Waals surface area contributed by atoms with Crippen LogP contribution in [0.3, 0.4) is 0 Å². The molecular weight excluding hydrogens is 482 g/mol. The van der Waals surface area contributed by atoms with Gasteiger partial charge >= 0.3 is 12.1 Å². The molecule has 2 fully saturated rings. The maximum Gasteiger partial charge on any atom is 0.412 e. The van der Waals surface area contributed by atoms with Crippen molar-refractivity contribution >= 4 is 35.6 Å². The van der Waals surface area contributed by atoms with Crippen molar-refractivity contribution in [3.05, 3.63) is 24.7 Å². The van der Waals surface area contributed by atoms with E-state index in [9.17, 15) is 14.4 Å². The molecule has 2 aromatic rings. The Hall–Kier alpha value is -4.23. The molecule has 0 aromatic carbocycles. The molecule has 2 aliphatic heterocycles. The van der Waals surface area contributed by atoms with Crippen molar-refractivity contribution < 1.29 is 23.9 Å². The smallest absolute Gasteiger partial charge is 0.412 e. The molecule has 4 heterocycles. The van der Waals surface area contributed by atoms with Gasteiger partial charge in [-0.05, 0) is 32.3 Å². The van der Waals surface area contributed by atoms with Crippen LogP contribution in [0.1, 0.15) is 32.6 Å². The highest BCUT2D eigenvalue weighted by Gasteiger charge is 2.28. The summed E-state index contributed by atoms with van der Waals surface area (Å²) in [7, 11) is 1.73. The van der Waals surface area contributed by atoms with Gasteiger partial charge in [0.1, 0.15) is 12.4 Å². The molecule has 14 heteroatoms. The average molecular weight is 514 g/mol. The number of hydrogen-bond acceptors (Lipinski definition) is 10. The normalized spacial score (nSPS) is 19.1. The van der Waals surface area contributed by atoms with E-state index in [0.717, 1.165) is 12.8 Å². The van der Waals surface area contributed by atoms with E-state index in [4.69, 9.17) is 9.47 Å². The van der Waals surface area contributed by atoms with Crippen molar-refractivity contribution in [1.29, 1.82) is 0 Å². The van der Waals surface area contributed by atoms with Crippen LogP contribution < -0.4 is 25.6 Å². The lowest BCUT2D eigenvalue weighted by Crippen LogP contribution is -2.50. The number of piperidine rings is 1. The first-order valence-corrected chi connectivity index (χ1v) is 12.2. The third-order valence-electron chi connectivity index (χ3n) is 6.08. The van der Waals surface area contributed by atoms with Crippen LogP contribution >= 0.6 is 0 Å². The zero-order valence-corrected chi connectivity index (χ0v) is 20.8. The number of hydrogen-bond donors (Lipinski definition) is 3. The van der Waals surface area contributed by atoms with Crippen molar-refractivity contribution in [2.24, 2.45) is 0 Å². The van der Waals surface area contributed by atoms with E-state index in [-0.39, 0.29) is 30.6 Å². The number of carbonyl (C=O) groups is 3. The van der Waals surface area contributed by atoms with E-state index in [0.29, 0.717) is 56.0 Å². The number of nitrogens with one attached hydrogen (secondary N) is 3. The number of likely N-dealkylation sites (N-methyl/N-ethyl adjacent to an activating group) is 1. The first-order chi connectivity index (χ1) is 17.9. The molecule has 14 nitrogen and oxygen atoms in total. The van der Waals surface area contributed by atoms with E-state index in [1.54, 1.807) is 24.2 Å². The third-order valence-corrected chi connectivity index (χ3v) is 6.08. The van der Waals surface area contributed by atoms with Gasteiger partial charge in [0.25, 0.3) is 0 Å². The molecule has 0 spiro atoms. The summed E-state index contributed by atoms with van der Waals surface area (Å²) in [5, 5.41) is 8.10. The summed E-state index contributed by atoms with van der Waals surface area (Å²) in [6.45, 7) is 3.67. The Morgan fingerprint density at radius 1 is 1.19 bits per heavy atom. The molecule has 3 N–H and O–H groups in total. The van der Waals surface area contributed by atoms with Crippen LogP contribution in [0.5, 0.6) is 5.88 Å². The fourth-order valence-corrected chi connectivity index (χ4v) is 4.11. The molecule has 0 radical (unpaired) electrons. The van der Waals surface area contributed by atoms with Gasteiger partial charge in [-0.15, -0.1) is 0 Å². The van der Waals surface area contributed by atoms with Crippen molar-refractivity contribution in [1.82, 2.24) is 30.2 Å². The maximum atomic E-state index is 12.8. The van der Waals surface area contributed by atoms with Crippen LogP contribution in [-0.4, -0.2) is 88.3 Å². The molecule has 0 saturated carbocycles. The van der Waals surface area contributed by atoms with Gasteiger partial charge in [-0.3, -0.25) is 15.4 Å². The lowest BCUT2D eigenvalue weighted by atomic mass is 10.1. The second kappa shape index (κ2) is 12.1. The molecule has 0 aliphatic carbocycles. The highest BCUT2D eigenvalue weighted by molar-refractivity contribution is 5.88. The van der Waals surface area contributed by atoms with Crippen molar-refractivity contribution in [2.75, 3.05) is 48.9 Å². The molecule has 0 bridgehead atoms. The second-order valence-corrected chi connectivity index (χ2v) is 8.72. The number of urea groups is 1. The number of carbonyl (C=O) groups excluding carboxylic acids is 3. The van der Waals surface area contributed by atoms with Crippen LogP contribution in [0, 0.1) is 0 Å². The SMILES string of the molecule is CCOc1cnc(NC(=O)N(C)[C@@H]2CCCN(c3nccc(NC(=O)OC[C@@H]4CCC(=O)N4)n3)C2)cn1. The van der Waals surface area contributed by atoms with Gasteiger partial charge in [0.2, 0.25) is 17.7 Å². The number of aromatic nitrogens is 4. The van der Waals surface area contributed by atoms with Crippen LogP contribution in [0.2, 0.25) is 0 Å². The molecular formula is C23H31N9O5. The van der Waals surface area contributed by atoms with E-state index >= 15 is 0 Å². The lowest BCUT2D eigenvalue weighted by molar-refractivity contribution is -0.119. The van der Waals surface area contributed by atoms with Crippen LogP contribution in [0.25, 0.3) is 0 Å². The zero-order chi connectivity index (χ0) is 26.2. The summed E-state index contributed by atoms with van der Waals surface area (Å²) in [6.07, 6.45) is 6.54. The summed E-state index contributed by atoms with van der Waals surface area (Å²) < 4.78 is 10.5. The Morgan fingerprint density at radius 2 is 2.05 bits per heavy atom. The molecule has 2 saturated heterocycles. The van der Waals surface area contributed by atoms with Gasteiger partial charge in [0.15, 0.2) is 5.82 Å². The first-order valence-electron chi connectivity index (χ1n) is 12.2. The molecule has 2 aliphatic rings. The highest BCUT2D eigenvalue weighted by Crippen LogP contribution is 2.21. The number of anilines is 3. The van der Waals surface area contributed by atoms with Gasteiger partial charge in [-0.1, -0.05) is 0 Å². The standard InChI is InChI=1S/C23H31N9O5/c1-3-36-20-12-25-18(11-26-20)29-22(34)31(2)16-5-4-10-32(13-16)21-24-9-8-17(28-21)30-23(35)37-14-15-6-7-19(33)27-15/h8-9,11-12,15-16H,3-7,10,13-14H2,1-2H3,(H,27,33)(H,25,29,34)(H,24,28,30,35)/t15-,16+/m0/s1. The van der Waals surface area contributed by atoms with E-state index < -0.39 is 6.09 Å². The van der Waals surface area contributed by atoms with Crippen LogP contribution in [0.4, 0.5) is 27.2 Å². The molecule has 2 atom stereocenters. The van der Waals surface area contributed by atoms with Gasteiger partial charge < -0.3 is 24.6 Å². The van der Waals surface area contributed by atoms with Gasteiger partial charge in [0.05, 0.1) is 31.1 Å². The third kappa shape index (κ3) is 7.15. The fraction of sp³-hybridized carbons (Fsp3) is 0.522. The minimum atomic E-state index is -0.656. The number of amides is 4. The lowest BCUT2D eigenvalue weighted by Gasteiger charge is -2.37. The number of nitrogens with zero attached hydrogens (tertiary/aromatic N) is 6. The summed E-state index contributed by atoms with van der Waals surface area (Å²) in [4.78, 5) is 56.9. The first kappa shape index (κ1) is 25.9. The zero-order valence-electron chi connectivity index (χ0n) is 20.8. The topological polar surface area (TPSA) is 164 Å². The largest absolute Gasteiger partial charge is 0.477 e. The van der Waals surface area contributed by atoms with Crippen molar-refractivity contribution in [2.45, 2.75) is 44.7 Å². The van der Waals surface area contributed by atoms with E-state index in [1.165, 1.54) is 12.4 Å². The van der Waals surface area contributed by atoms with E-state index in [1.807, 2.05) is 11.8 Å². The molecule has 0 unspecified atom stereocenters. The Kier molecular flexibility index (Phi) is 8.48. The minimum absolute atomic E-state index is 0.0396. The summed E-state index contributed by atoms with van der Waals surface area (Å²) >= 11 is 0. The molecule has 4 rings (SSSR count). The summed E-state index contributed by atoms with van der Waals surface area (Å²) in [5.41, 5.74) is 0. The Morgan fingerprint density at radius 3 is 2.78 bits per heavy atom. The van der Waals surface area contributed by atoms with Crippen molar-refractivity contribution in [3.8, 4) is 5.88 Å². The summed E-state index contributed by atoms with van der Waals surface area (Å²) in [6, 6.07) is 1.01. The molecule has 2 aromatic heterocycles. The van der Waals surface area contributed by atoms with Crippen LogP contribution in [-0.2, 0) is 9.53 Å². The average Bonchev–Trinajstić information content (AvgIpc) is 3.33. The van der Waals surface area contributed by atoms with Gasteiger partial charge in [-0.25, -0.2) is 24.5 Å². The molecule has 37 heavy (non-hydrogen) atoms. The highest BCUT2D eigenvalue weighted by atomic mass is 16.5. The molecule has 4 amide bonds. The molecule has 198 valence electrons. The second-order valence-electron chi connectivity index (χ2n) is 8.72. The Labute approximate surface area is 214 Å². The number of ether oxygens (including phenoxy) is 2. The van der Waals surface area contributed by atoms with Gasteiger partial charge in [-0.2, -0.15) is 4.98 Å². The van der Waals surface area contributed by atoms with E-state index in [2.05, 4.69) is 35.9 Å². The Bertz CT molecular complexity index is 1100. The maximum absolute atomic E-state index is 12.8. The quantitative estimate of drug-likeness (QED) is 0.472. The number of rotatable bonds is 8. The Balaban J connectivity index is 1.29. The van der Waals surface area contributed by atoms with Crippen molar-refractivity contribution in [3.63, 3.8) is 0 Å². The van der Waals surface area contributed by atoms with Gasteiger partial charge in [0, 0.05) is 32.8 Å². The summed E-state index contributed by atoms with van der Waals surface area (Å²) in [5.74, 6) is 1.42. The van der Waals surface area contributed by atoms with Crippen LogP contribution in [0.15, 0.2) is 24.7 Å².